The van der Waals surface area contributed by atoms with Crippen molar-refractivity contribution in [1.29, 1.82) is 0 Å². The van der Waals surface area contributed by atoms with Crippen molar-refractivity contribution in [1.82, 2.24) is 0 Å². The molecule has 2 heterocycles. The molecule has 8 aromatic rings. The first-order valence-electron chi connectivity index (χ1n) is 17.8. The number of allylic oxidation sites excluding steroid dienone is 2. The Balaban J connectivity index is 1.39. The lowest BCUT2D eigenvalue weighted by molar-refractivity contribution is 0.269. The number of benzene rings is 7. The summed E-state index contributed by atoms with van der Waals surface area (Å²) in [6, 6.07) is 61.9. The van der Waals surface area contributed by atoms with Crippen LogP contribution in [0.2, 0.25) is 0 Å². The minimum Gasteiger partial charge on any atom is -0.485 e. The lowest BCUT2D eigenvalue weighted by Crippen LogP contribution is -2.27. The predicted octanol–water partition coefficient (Wildman–Crippen LogP) is 9.74. The van der Waals surface area contributed by atoms with E-state index in [0.717, 1.165) is 27.7 Å². The Morgan fingerprint density at radius 2 is 0.923 bits per heavy atom. The van der Waals surface area contributed by atoms with Crippen LogP contribution in [0.5, 0.6) is 5.75 Å². The first-order valence-corrected chi connectivity index (χ1v) is 20.5. The minimum absolute atomic E-state index is 0.0535. The van der Waals surface area contributed by atoms with E-state index >= 15 is 0 Å². The van der Waals surface area contributed by atoms with Crippen LogP contribution in [0.1, 0.15) is 11.5 Å². The monoisotopic (exact) mass is 704 g/mol. The summed E-state index contributed by atoms with van der Waals surface area (Å²) in [5, 5.41) is 10.2. The fourth-order valence-electron chi connectivity index (χ4n) is 7.99. The molecule has 0 saturated carbocycles. The second-order valence-electron chi connectivity index (χ2n) is 13.2. The maximum absolute atomic E-state index is 6.82. The largest absolute Gasteiger partial charge is 0.485 e. The zero-order chi connectivity index (χ0) is 34.4. The van der Waals surface area contributed by atoms with Gasteiger partial charge in [0, 0.05) is 27.8 Å². The van der Waals surface area contributed by atoms with Crippen LogP contribution >= 0.6 is 15.8 Å². The molecule has 10 rings (SSSR count). The number of fused-ring (bicyclic) bond motifs is 6. The molecule has 2 aliphatic rings. The topological polar surface area (TPSA) is 22.4 Å². The number of para-hydroxylation sites is 1. The Hall–Kier alpha value is -5.52. The standard InChI is InChI=1S/C48H34O2P2/c1-5-17-33(18-6-1)51(34-19-7-2-8-20-34)43-31-29-41-45(37-25-13-15-27-39(37)49-41)47(43)48-44(32-30-42-46(48)38-26-14-16-28-40(38)50-42)52(35-21-9-3-10-22-35)36-23-11-4-12-24-36/h1-32,37,39H. The van der Waals surface area contributed by atoms with Gasteiger partial charge in [-0.2, -0.15) is 0 Å². The molecule has 0 fully saturated rings. The van der Waals surface area contributed by atoms with E-state index in [1.54, 1.807) is 0 Å². The fraction of sp³-hybridized carbons (Fsp3) is 0.0417. The molecular formula is C48H34O2P2. The highest BCUT2D eigenvalue weighted by Crippen LogP contribution is 2.52. The van der Waals surface area contributed by atoms with E-state index in [1.165, 1.54) is 48.5 Å². The lowest BCUT2D eigenvalue weighted by Gasteiger charge is -2.29. The SMILES string of the molecule is C1=CC2Oc3ccc(P(c4ccccc4)c4ccccc4)c(-c4c(P(c5ccccc5)c5ccccc5)ccc5oc6ccccc6c45)c3C2C=C1. The van der Waals surface area contributed by atoms with Gasteiger partial charge in [-0.15, -0.1) is 0 Å². The lowest BCUT2D eigenvalue weighted by atomic mass is 9.85. The van der Waals surface area contributed by atoms with Gasteiger partial charge in [0.25, 0.3) is 0 Å². The highest BCUT2D eigenvalue weighted by Gasteiger charge is 2.39. The number of ether oxygens (including phenoxy) is 1. The van der Waals surface area contributed by atoms with Crippen LogP contribution in [0.15, 0.2) is 199 Å². The van der Waals surface area contributed by atoms with Crippen molar-refractivity contribution in [2.45, 2.75) is 12.0 Å². The predicted molar refractivity (Wildman–Crippen MR) is 222 cm³/mol. The second-order valence-corrected chi connectivity index (χ2v) is 17.6. The maximum Gasteiger partial charge on any atom is 0.136 e. The fourth-order valence-corrected chi connectivity index (χ4v) is 12.9. The minimum atomic E-state index is -0.973. The smallest absolute Gasteiger partial charge is 0.136 e. The second kappa shape index (κ2) is 13.2. The molecule has 0 spiro atoms. The van der Waals surface area contributed by atoms with Crippen molar-refractivity contribution >= 4 is 69.6 Å². The van der Waals surface area contributed by atoms with Crippen LogP contribution in [0.4, 0.5) is 0 Å². The first kappa shape index (κ1) is 31.2. The van der Waals surface area contributed by atoms with Gasteiger partial charge in [0.15, 0.2) is 0 Å². The molecule has 0 N–H and O–H groups in total. The number of rotatable bonds is 7. The number of hydrogen-bond donors (Lipinski definition) is 0. The molecule has 0 amide bonds. The zero-order valence-corrected chi connectivity index (χ0v) is 30.1. The van der Waals surface area contributed by atoms with Crippen LogP contribution in [-0.4, -0.2) is 6.10 Å². The van der Waals surface area contributed by atoms with Crippen molar-refractivity contribution in [2.24, 2.45) is 0 Å². The Labute approximate surface area is 306 Å². The summed E-state index contributed by atoms with van der Waals surface area (Å²) in [6.07, 6.45) is 8.79. The Bertz CT molecular complexity index is 2530. The van der Waals surface area contributed by atoms with Crippen LogP contribution in [0.25, 0.3) is 33.1 Å². The Kier molecular flexibility index (Phi) is 7.94. The van der Waals surface area contributed by atoms with Crippen molar-refractivity contribution in [3.63, 3.8) is 0 Å². The van der Waals surface area contributed by atoms with E-state index in [9.17, 15) is 0 Å². The third-order valence-corrected chi connectivity index (χ3v) is 15.1. The molecule has 1 aliphatic heterocycles. The summed E-state index contributed by atoms with van der Waals surface area (Å²) in [4.78, 5) is 0. The van der Waals surface area contributed by atoms with E-state index in [-0.39, 0.29) is 12.0 Å². The molecule has 1 aliphatic carbocycles. The van der Waals surface area contributed by atoms with Crippen molar-refractivity contribution in [3.8, 4) is 16.9 Å². The quantitative estimate of drug-likeness (QED) is 0.154. The molecule has 1 aromatic heterocycles. The van der Waals surface area contributed by atoms with E-state index in [4.69, 9.17) is 9.15 Å². The molecule has 2 nitrogen and oxygen atoms in total. The van der Waals surface area contributed by atoms with Crippen LogP contribution in [-0.2, 0) is 0 Å². The van der Waals surface area contributed by atoms with E-state index in [2.05, 4.69) is 194 Å². The van der Waals surface area contributed by atoms with Crippen molar-refractivity contribution in [2.75, 3.05) is 0 Å². The average molecular weight is 705 g/mol. The van der Waals surface area contributed by atoms with Gasteiger partial charge < -0.3 is 9.15 Å². The van der Waals surface area contributed by atoms with Crippen molar-refractivity contribution < 1.29 is 9.15 Å². The van der Waals surface area contributed by atoms with Gasteiger partial charge in [-0.3, -0.25) is 0 Å². The zero-order valence-electron chi connectivity index (χ0n) is 28.3. The van der Waals surface area contributed by atoms with E-state index in [1.807, 2.05) is 0 Å². The Morgan fingerprint density at radius 3 is 1.52 bits per heavy atom. The molecule has 52 heavy (non-hydrogen) atoms. The number of hydrogen-bond acceptors (Lipinski definition) is 2. The van der Waals surface area contributed by atoms with Gasteiger partial charge in [-0.05, 0) is 89.6 Å². The van der Waals surface area contributed by atoms with Crippen molar-refractivity contribution in [3.05, 3.63) is 200 Å². The molecule has 2 atom stereocenters. The molecular weight excluding hydrogens is 670 g/mol. The van der Waals surface area contributed by atoms with E-state index < -0.39 is 15.8 Å². The van der Waals surface area contributed by atoms with Crippen LogP contribution in [0, 0.1) is 0 Å². The van der Waals surface area contributed by atoms with E-state index in [0.29, 0.717) is 0 Å². The third kappa shape index (κ3) is 5.26. The molecule has 248 valence electrons. The normalized spacial score (nSPS) is 16.0. The molecule has 4 heteroatoms. The number of furan rings is 1. The summed E-state index contributed by atoms with van der Waals surface area (Å²) in [5.74, 6) is 1.04. The van der Waals surface area contributed by atoms with Gasteiger partial charge >= 0.3 is 0 Å². The summed E-state index contributed by atoms with van der Waals surface area (Å²) < 4.78 is 13.5. The van der Waals surface area contributed by atoms with Gasteiger partial charge in [-0.1, -0.05) is 158 Å². The van der Waals surface area contributed by atoms with Crippen LogP contribution in [0.3, 0.4) is 0 Å². The summed E-state index contributed by atoms with van der Waals surface area (Å²) >= 11 is 0. The highest BCUT2D eigenvalue weighted by molar-refractivity contribution is 7.80. The molecule has 0 saturated heterocycles. The van der Waals surface area contributed by atoms with Gasteiger partial charge in [0.1, 0.15) is 23.0 Å². The summed E-state index contributed by atoms with van der Waals surface area (Å²) in [7, 11) is -1.94. The maximum atomic E-state index is 6.82. The third-order valence-electron chi connectivity index (χ3n) is 10.2. The Morgan fingerprint density at radius 1 is 0.423 bits per heavy atom. The molecule has 7 aromatic carbocycles. The first-order chi connectivity index (χ1) is 25.8. The summed E-state index contributed by atoms with van der Waals surface area (Å²) in [6.45, 7) is 0. The average Bonchev–Trinajstić information content (AvgIpc) is 3.79. The van der Waals surface area contributed by atoms with Gasteiger partial charge in [-0.25, -0.2) is 0 Å². The van der Waals surface area contributed by atoms with Crippen LogP contribution < -0.4 is 36.6 Å². The molecule has 0 radical (unpaired) electrons. The van der Waals surface area contributed by atoms with Gasteiger partial charge in [0.2, 0.25) is 0 Å². The molecule has 2 unspecified atom stereocenters. The molecule has 0 bridgehead atoms. The summed E-state index contributed by atoms with van der Waals surface area (Å²) in [5.41, 5.74) is 5.59. The highest BCUT2D eigenvalue weighted by atomic mass is 31.1. The van der Waals surface area contributed by atoms with Gasteiger partial charge in [0.05, 0.1) is 0 Å².